The van der Waals surface area contributed by atoms with Crippen molar-refractivity contribution in [3.05, 3.63) is 0 Å². The monoisotopic (exact) mass is 248 g/mol. The third kappa shape index (κ3) is 7.70. The van der Waals surface area contributed by atoms with Crippen molar-refractivity contribution in [3.8, 4) is 0 Å². The number of carboxylic acids is 1. The number of ether oxygens (including phenoxy) is 2. The van der Waals surface area contributed by atoms with E-state index >= 15 is 0 Å². The Morgan fingerprint density at radius 1 is 1.24 bits per heavy atom. The minimum Gasteiger partial charge on any atom is -0.481 e. The van der Waals surface area contributed by atoms with Crippen LogP contribution in [-0.2, 0) is 19.1 Å². The molecule has 0 bridgehead atoms. The summed E-state index contributed by atoms with van der Waals surface area (Å²) in [6.45, 7) is 4.21. The molecule has 1 unspecified atom stereocenters. The van der Waals surface area contributed by atoms with E-state index in [1.54, 1.807) is 6.92 Å². The normalized spacial score (nSPS) is 14.1. The van der Waals surface area contributed by atoms with Crippen molar-refractivity contribution in [2.75, 3.05) is 26.4 Å². The number of esters is 1. The van der Waals surface area contributed by atoms with Gasteiger partial charge in [0.1, 0.15) is 6.61 Å². The van der Waals surface area contributed by atoms with Crippen molar-refractivity contribution in [2.24, 2.45) is 5.41 Å². The number of carbonyl (C=O) groups is 2. The van der Waals surface area contributed by atoms with Crippen LogP contribution in [0.25, 0.3) is 0 Å². The maximum Gasteiger partial charge on any atom is 0.306 e. The van der Waals surface area contributed by atoms with Crippen LogP contribution in [0.5, 0.6) is 0 Å². The first-order chi connectivity index (χ1) is 7.93. The van der Waals surface area contributed by atoms with Gasteiger partial charge in [0.15, 0.2) is 0 Å². The lowest BCUT2D eigenvalue weighted by Crippen LogP contribution is -2.34. The smallest absolute Gasteiger partial charge is 0.306 e. The molecule has 0 rings (SSSR count). The summed E-state index contributed by atoms with van der Waals surface area (Å²) in [4.78, 5) is 21.4. The van der Waals surface area contributed by atoms with Crippen LogP contribution in [0.15, 0.2) is 0 Å². The van der Waals surface area contributed by atoms with Gasteiger partial charge in [0.25, 0.3) is 0 Å². The number of hydrogen-bond donors (Lipinski definition) is 2. The Balaban J connectivity index is 3.96. The van der Waals surface area contributed by atoms with E-state index in [-0.39, 0.29) is 32.7 Å². The highest BCUT2D eigenvalue weighted by Crippen LogP contribution is 2.16. The van der Waals surface area contributed by atoms with E-state index in [9.17, 15) is 14.7 Å². The van der Waals surface area contributed by atoms with Gasteiger partial charge >= 0.3 is 11.9 Å². The van der Waals surface area contributed by atoms with Crippen LogP contribution in [0.2, 0.25) is 0 Å². The van der Waals surface area contributed by atoms with Gasteiger partial charge in [-0.3, -0.25) is 9.59 Å². The second-order valence-electron chi connectivity index (χ2n) is 4.16. The summed E-state index contributed by atoms with van der Waals surface area (Å²) in [6.07, 6.45) is -0.411. The number of carboxylic acid groups (broad SMARTS) is 1. The molecular weight excluding hydrogens is 228 g/mol. The number of aliphatic hydroxyl groups excluding tert-OH is 1. The van der Waals surface area contributed by atoms with Gasteiger partial charge in [0.05, 0.1) is 26.1 Å². The summed E-state index contributed by atoms with van der Waals surface area (Å²) < 4.78 is 10.1. The van der Waals surface area contributed by atoms with Crippen LogP contribution in [0.1, 0.15) is 26.7 Å². The number of aliphatic carboxylic acids is 1. The van der Waals surface area contributed by atoms with Crippen LogP contribution >= 0.6 is 0 Å². The Labute approximate surface area is 101 Å². The summed E-state index contributed by atoms with van der Waals surface area (Å²) in [5.41, 5.74) is -0.644. The van der Waals surface area contributed by atoms with E-state index < -0.39 is 17.4 Å². The fourth-order valence-corrected chi connectivity index (χ4v) is 1.02. The van der Waals surface area contributed by atoms with E-state index in [2.05, 4.69) is 0 Å². The lowest BCUT2D eigenvalue weighted by atomic mass is 9.94. The topological polar surface area (TPSA) is 93.1 Å². The number of rotatable bonds is 9. The van der Waals surface area contributed by atoms with Crippen LogP contribution in [0.4, 0.5) is 0 Å². The van der Waals surface area contributed by atoms with Crippen molar-refractivity contribution >= 4 is 11.9 Å². The Morgan fingerprint density at radius 3 is 2.35 bits per heavy atom. The zero-order chi connectivity index (χ0) is 13.3. The number of carbonyl (C=O) groups excluding carboxylic acids is 1. The van der Waals surface area contributed by atoms with Crippen molar-refractivity contribution < 1.29 is 29.3 Å². The van der Waals surface area contributed by atoms with Gasteiger partial charge in [0.2, 0.25) is 0 Å². The molecule has 6 nitrogen and oxygen atoms in total. The van der Waals surface area contributed by atoms with Gasteiger partial charge in [-0.1, -0.05) is 6.92 Å². The minimum atomic E-state index is -1.04. The second kappa shape index (κ2) is 8.03. The van der Waals surface area contributed by atoms with Crippen molar-refractivity contribution in [1.29, 1.82) is 0 Å². The highest BCUT2D eigenvalue weighted by Gasteiger charge is 2.26. The molecule has 1 atom stereocenters. The molecule has 17 heavy (non-hydrogen) atoms. The number of aliphatic hydroxyl groups is 1. The molecule has 0 aromatic heterocycles. The second-order valence-corrected chi connectivity index (χ2v) is 4.16. The molecule has 0 aromatic rings. The summed E-state index contributed by atoms with van der Waals surface area (Å²) >= 11 is 0. The lowest BCUT2D eigenvalue weighted by molar-refractivity contribution is -0.152. The predicted molar refractivity (Wildman–Crippen MR) is 59.5 cm³/mol. The molecule has 0 aromatic carbocycles. The molecule has 0 fully saturated rings. The summed E-state index contributed by atoms with van der Waals surface area (Å²) in [5, 5.41) is 17.6. The molecule has 2 N–H and O–H groups in total. The average Bonchev–Trinajstić information content (AvgIpc) is 2.31. The Hall–Kier alpha value is -1.14. The van der Waals surface area contributed by atoms with Gasteiger partial charge in [0, 0.05) is 12.0 Å². The van der Waals surface area contributed by atoms with E-state index in [4.69, 9.17) is 14.6 Å². The molecule has 0 heterocycles. The standard InChI is InChI=1S/C11H20O6/c1-3-16-7-11(2,6-12)8-17-10(15)5-4-9(13)14/h12H,3-8H2,1-2H3,(H,13,14). The molecule has 0 amide bonds. The fraction of sp³-hybridized carbons (Fsp3) is 0.818. The van der Waals surface area contributed by atoms with Crippen molar-refractivity contribution in [2.45, 2.75) is 26.7 Å². The first kappa shape index (κ1) is 15.9. The third-order valence-corrected chi connectivity index (χ3v) is 2.16. The first-order valence-corrected chi connectivity index (χ1v) is 5.49. The largest absolute Gasteiger partial charge is 0.481 e. The summed E-state index contributed by atoms with van der Waals surface area (Å²) in [7, 11) is 0. The highest BCUT2D eigenvalue weighted by molar-refractivity contribution is 5.76. The third-order valence-electron chi connectivity index (χ3n) is 2.16. The quantitative estimate of drug-likeness (QED) is 0.575. The van der Waals surface area contributed by atoms with Crippen LogP contribution in [-0.4, -0.2) is 48.6 Å². The zero-order valence-corrected chi connectivity index (χ0v) is 10.3. The molecule has 0 saturated heterocycles. The van der Waals surface area contributed by atoms with Gasteiger partial charge in [-0.25, -0.2) is 0 Å². The molecule has 100 valence electrons. The van der Waals surface area contributed by atoms with E-state index in [0.29, 0.717) is 6.61 Å². The maximum absolute atomic E-state index is 11.2. The van der Waals surface area contributed by atoms with E-state index in [1.807, 2.05) is 6.92 Å². The van der Waals surface area contributed by atoms with Crippen molar-refractivity contribution in [3.63, 3.8) is 0 Å². The molecule has 6 heteroatoms. The minimum absolute atomic E-state index is 0.0158. The van der Waals surface area contributed by atoms with E-state index in [0.717, 1.165) is 0 Å². The summed E-state index contributed by atoms with van der Waals surface area (Å²) in [6, 6.07) is 0. The Bertz CT molecular complexity index is 252. The zero-order valence-electron chi connectivity index (χ0n) is 10.3. The molecule has 0 aliphatic carbocycles. The molecule has 0 saturated carbocycles. The summed E-state index contributed by atoms with van der Waals surface area (Å²) in [5.74, 6) is -1.62. The fourth-order valence-electron chi connectivity index (χ4n) is 1.02. The molecule has 0 radical (unpaired) electrons. The van der Waals surface area contributed by atoms with E-state index in [1.165, 1.54) is 0 Å². The lowest BCUT2D eigenvalue weighted by Gasteiger charge is -2.26. The SMILES string of the molecule is CCOCC(C)(CO)COC(=O)CCC(=O)O. The highest BCUT2D eigenvalue weighted by atomic mass is 16.5. The van der Waals surface area contributed by atoms with Gasteiger partial charge in [-0.15, -0.1) is 0 Å². The molecule has 0 aliphatic rings. The van der Waals surface area contributed by atoms with Crippen LogP contribution in [0.3, 0.4) is 0 Å². The predicted octanol–water partition coefficient (Wildman–Crippen LogP) is 0.429. The molecule has 0 aliphatic heterocycles. The van der Waals surface area contributed by atoms with Gasteiger partial charge in [-0.2, -0.15) is 0 Å². The first-order valence-electron chi connectivity index (χ1n) is 5.49. The van der Waals surface area contributed by atoms with Gasteiger partial charge in [-0.05, 0) is 6.92 Å². The Morgan fingerprint density at radius 2 is 1.88 bits per heavy atom. The average molecular weight is 248 g/mol. The Kier molecular flexibility index (Phi) is 7.49. The van der Waals surface area contributed by atoms with Crippen LogP contribution < -0.4 is 0 Å². The van der Waals surface area contributed by atoms with Gasteiger partial charge < -0.3 is 19.7 Å². The van der Waals surface area contributed by atoms with Crippen molar-refractivity contribution in [1.82, 2.24) is 0 Å². The molecule has 0 spiro atoms. The molecular formula is C11H20O6. The number of hydrogen-bond acceptors (Lipinski definition) is 5. The maximum atomic E-state index is 11.2. The van der Waals surface area contributed by atoms with Crippen LogP contribution in [0, 0.1) is 5.41 Å².